The van der Waals surface area contributed by atoms with Gasteiger partial charge in [0.15, 0.2) is 0 Å². The summed E-state index contributed by atoms with van der Waals surface area (Å²) in [5.74, 6) is 0.179. The van der Waals surface area contributed by atoms with Crippen LogP contribution in [0.3, 0.4) is 0 Å². The van der Waals surface area contributed by atoms with Crippen molar-refractivity contribution in [3.8, 4) is 5.75 Å². The molecule has 0 saturated carbocycles. The molecule has 17 heavy (non-hydrogen) atoms. The fourth-order valence-electron chi connectivity index (χ4n) is 2.09. The van der Waals surface area contributed by atoms with Crippen molar-refractivity contribution in [3.05, 3.63) is 40.2 Å². The van der Waals surface area contributed by atoms with E-state index in [1.807, 2.05) is 6.07 Å². The van der Waals surface area contributed by atoms with Crippen LogP contribution in [0.5, 0.6) is 5.75 Å². The molecule has 0 atom stereocenters. The lowest BCUT2D eigenvalue weighted by Gasteiger charge is -2.06. The summed E-state index contributed by atoms with van der Waals surface area (Å²) in [7, 11) is 0. The lowest BCUT2D eigenvalue weighted by atomic mass is 10.0. The summed E-state index contributed by atoms with van der Waals surface area (Å²) in [5, 5.41) is 10.4. The minimum atomic E-state index is -0.102. The Hall–Kier alpha value is -1.77. The third-order valence-corrected chi connectivity index (χ3v) is 2.96. The molecule has 2 rings (SSSR count). The molecule has 0 bridgehead atoms. The molecule has 0 aliphatic heterocycles. The van der Waals surface area contributed by atoms with Crippen LogP contribution in [0, 0.1) is 0 Å². The molecule has 1 aromatic heterocycles. The van der Waals surface area contributed by atoms with E-state index in [-0.39, 0.29) is 11.3 Å². The van der Waals surface area contributed by atoms with E-state index in [0.29, 0.717) is 5.52 Å². The van der Waals surface area contributed by atoms with Crippen molar-refractivity contribution in [1.29, 1.82) is 0 Å². The van der Waals surface area contributed by atoms with Crippen molar-refractivity contribution < 1.29 is 5.11 Å². The van der Waals surface area contributed by atoms with Gasteiger partial charge in [0.1, 0.15) is 5.75 Å². The smallest absolute Gasteiger partial charge is 0.248 e. The summed E-state index contributed by atoms with van der Waals surface area (Å²) in [6, 6.07) is 6.78. The highest BCUT2D eigenvalue weighted by Crippen LogP contribution is 2.21. The van der Waals surface area contributed by atoms with E-state index in [2.05, 4.69) is 11.9 Å². The topological polar surface area (TPSA) is 53.1 Å². The Morgan fingerprint density at radius 2 is 2.06 bits per heavy atom. The first-order valence-corrected chi connectivity index (χ1v) is 6.05. The maximum Gasteiger partial charge on any atom is 0.248 e. The first-order chi connectivity index (χ1) is 8.20. The van der Waals surface area contributed by atoms with Gasteiger partial charge in [-0.3, -0.25) is 4.79 Å². The minimum absolute atomic E-state index is 0.102. The number of unbranched alkanes of at least 4 members (excludes halogenated alkanes) is 2. The molecule has 0 aliphatic carbocycles. The summed E-state index contributed by atoms with van der Waals surface area (Å²) >= 11 is 0. The maximum atomic E-state index is 11.5. The van der Waals surface area contributed by atoms with Crippen LogP contribution in [0.4, 0.5) is 0 Å². The molecule has 2 N–H and O–H groups in total. The van der Waals surface area contributed by atoms with Crippen LogP contribution in [0.25, 0.3) is 10.9 Å². The van der Waals surface area contributed by atoms with Crippen LogP contribution >= 0.6 is 0 Å². The van der Waals surface area contributed by atoms with Gasteiger partial charge in [0.25, 0.3) is 0 Å². The predicted molar refractivity (Wildman–Crippen MR) is 69.5 cm³/mol. The molecule has 0 aliphatic rings. The number of H-pyrrole nitrogens is 1. The zero-order chi connectivity index (χ0) is 12.3. The summed E-state index contributed by atoms with van der Waals surface area (Å²) in [4.78, 5) is 14.3. The van der Waals surface area contributed by atoms with Gasteiger partial charge in [-0.15, -0.1) is 0 Å². The second kappa shape index (κ2) is 5.04. The van der Waals surface area contributed by atoms with Gasteiger partial charge in [-0.05, 0) is 30.5 Å². The number of aromatic hydroxyl groups is 1. The molecular weight excluding hydrogens is 214 g/mol. The Morgan fingerprint density at radius 3 is 2.82 bits per heavy atom. The molecule has 0 amide bonds. The molecule has 90 valence electrons. The molecule has 1 aromatic carbocycles. The molecule has 0 radical (unpaired) electrons. The minimum Gasteiger partial charge on any atom is -0.508 e. The third-order valence-electron chi connectivity index (χ3n) is 2.96. The molecule has 3 nitrogen and oxygen atoms in total. The van der Waals surface area contributed by atoms with Crippen LogP contribution in [-0.2, 0) is 6.42 Å². The number of benzene rings is 1. The molecule has 0 fully saturated rings. The van der Waals surface area contributed by atoms with Crippen molar-refractivity contribution in [2.24, 2.45) is 0 Å². The van der Waals surface area contributed by atoms with Crippen LogP contribution in [0.2, 0.25) is 0 Å². The monoisotopic (exact) mass is 231 g/mol. The van der Waals surface area contributed by atoms with E-state index < -0.39 is 0 Å². The van der Waals surface area contributed by atoms with Gasteiger partial charge in [-0.1, -0.05) is 19.8 Å². The number of phenols is 1. The molecule has 1 heterocycles. The quantitative estimate of drug-likeness (QED) is 0.795. The van der Waals surface area contributed by atoms with Gasteiger partial charge in [-0.2, -0.15) is 0 Å². The summed E-state index contributed by atoms with van der Waals surface area (Å²) in [6.07, 6.45) is 4.35. The zero-order valence-corrected chi connectivity index (χ0v) is 9.99. The van der Waals surface area contributed by atoms with E-state index in [4.69, 9.17) is 0 Å². The average Bonchev–Trinajstić information content (AvgIpc) is 2.28. The van der Waals surface area contributed by atoms with Gasteiger partial charge in [0.05, 0.1) is 5.52 Å². The Kier molecular flexibility index (Phi) is 3.47. The van der Waals surface area contributed by atoms with Crippen molar-refractivity contribution >= 4 is 10.9 Å². The standard InChI is InChI=1S/C14H17NO2/c1-2-3-4-5-10-8-14(17)15-13-9-11(16)6-7-12(10)13/h6-9,16H,2-5H2,1H3,(H,15,17). The normalized spacial score (nSPS) is 10.9. The number of fused-ring (bicyclic) bond motifs is 1. The SMILES string of the molecule is CCCCCc1cc(=O)[nH]c2cc(O)ccc12. The second-order valence-electron chi connectivity index (χ2n) is 4.35. The highest BCUT2D eigenvalue weighted by molar-refractivity contribution is 5.83. The number of aryl methyl sites for hydroxylation is 1. The number of phenolic OH excluding ortho intramolecular Hbond substituents is 1. The Labute approximate surface area is 100 Å². The molecule has 0 spiro atoms. The van der Waals surface area contributed by atoms with Crippen LogP contribution in [-0.4, -0.2) is 10.1 Å². The number of pyridine rings is 1. The number of aromatic amines is 1. The van der Waals surface area contributed by atoms with Gasteiger partial charge in [0.2, 0.25) is 5.56 Å². The second-order valence-corrected chi connectivity index (χ2v) is 4.35. The van der Waals surface area contributed by atoms with Gasteiger partial charge in [-0.25, -0.2) is 0 Å². The fraction of sp³-hybridized carbons (Fsp3) is 0.357. The van der Waals surface area contributed by atoms with Gasteiger partial charge < -0.3 is 10.1 Å². The van der Waals surface area contributed by atoms with Crippen LogP contribution in [0.1, 0.15) is 31.7 Å². The maximum absolute atomic E-state index is 11.5. The third kappa shape index (κ3) is 2.67. The number of hydrogen-bond acceptors (Lipinski definition) is 2. The highest BCUT2D eigenvalue weighted by Gasteiger charge is 2.04. The van der Waals surface area contributed by atoms with E-state index in [1.54, 1.807) is 18.2 Å². The summed E-state index contributed by atoms with van der Waals surface area (Å²) in [5.41, 5.74) is 1.68. The first-order valence-electron chi connectivity index (χ1n) is 6.05. The van der Waals surface area contributed by atoms with Crippen LogP contribution < -0.4 is 5.56 Å². The molecule has 2 aromatic rings. The molecule has 0 unspecified atom stereocenters. The summed E-state index contributed by atoms with van der Waals surface area (Å²) < 4.78 is 0. The van der Waals surface area contributed by atoms with Gasteiger partial charge >= 0.3 is 0 Å². The van der Waals surface area contributed by atoms with Crippen molar-refractivity contribution in [1.82, 2.24) is 4.98 Å². The van der Waals surface area contributed by atoms with E-state index >= 15 is 0 Å². The van der Waals surface area contributed by atoms with Crippen molar-refractivity contribution in [3.63, 3.8) is 0 Å². The Bertz CT molecular complexity index is 572. The largest absolute Gasteiger partial charge is 0.508 e. The number of aromatic nitrogens is 1. The van der Waals surface area contributed by atoms with Crippen LogP contribution in [0.15, 0.2) is 29.1 Å². The molecule has 3 heteroatoms. The lowest BCUT2D eigenvalue weighted by Crippen LogP contribution is -2.06. The van der Waals surface area contributed by atoms with Gasteiger partial charge in [0, 0.05) is 17.5 Å². The van der Waals surface area contributed by atoms with E-state index in [1.165, 1.54) is 12.8 Å². The molecular formula is C14H17NO2. The number of hydrogen-bond donors (Lipinski definition) is 2. The van der Waals surface area contributed by atoms with Crippen molar-refractivity contribution in [2.75, 3.05) is 0 Å². The lowest BCUT2D eigenvalue weighted by molar-refractivity contribution is 0.476. The highest BCUT2D eigenvalue weighted by atomic mass is 16.3. The zero-order valence-electron chi connectivity index (χ0n) is 9.99. The van der Waals surface area contributed by atoms with E-state index in [9.17, 15) is 9.90 Å². The predicted octanol–water partition coefficient (Wildman–Crippen LogP) is 2.97. The average molecular weight is 231 g/mol. The fourth-order valence-corrected chi connectivity index (χ4v) is 2.09. The Balaban J connectivity index is 2.43. The molecule has 0 saturated heterocycles. The Morgan fingerprint density at radius 1 is 1.24 bits per heavy atom. The van der Waals surface area contributed by atoms with E-state index in [0.717, 1.165) is 23.8 Å². The number of nitrogens with one attached hydrogen (secondary N) is 1. The number of rotatable bonds is 4. The first kappa shape index (κ1) is 11.7. The summed E-state index contributed by atoms with van der Waals surface area (Å²) in [6.45, 7) is 2.16. The van der Waals surface area contributed by atoms with Crippen molar-refractivity contribution in [2.45, 2.75) is 32.6 Å².